The molecule has 0 fully saturated rings. The minimum atomic E-state index is -0.764. The summed E-state index contributed by atoms with van der Waals surface area (Å²) in [4.78, 5) is 38.1. The van der Waals surface area contributed by atoms with Gasteiger partial charge in [-0.2, -0.15) is 0 Å². The summed E-state index contributed by atoms with van der Waals surface area (Å²) in [7, 11) is 0. The number of unbranched alkanes of at least 4 members (excludes halogenated alkanes) is 34. The maximum absolute atomic E-state index is 12.8. The highest BCUT2D eigenvalue weighted by Gasteiger charge is 2.19. The van der Waals surface area contributed by atoms with Gasteiger partial charge in [0.05, 0.1) is 0 Å². The SMILES string of the molecule is CCC(C)CCCCCCCCCCCCCCCCCCCCC(=O)OC[C@H](COC(=O)CCCCCCCCCCCC(C)C)OC(=O)CCCCCCCCCCCCC(C)C. The molecule has 0 aromatic carbocycles. The Labute approximate surface area is 406 Å². The van der Waals surface area contributed by atoms with E-state index in [1.165, 1.54) is 205 Å². The molecule has 0 saturated carbocycles. The molecule has 6 heteroatoms. The lowest BCUT2D eigenvalue weighted by atomic mass is 9.99. The third-order valence-electron chi connectivity index (χ3n) is 13.8. The lowest BCUT2D eigenvalue weighted by Crippen LogP contribution is -2.30. The smallest absolute Gasteiger partial charge is 0.306 e. The van der Waals surface area contributed by atoms with Crippen LogP contribution >= 0.6 is 0 Å². The highest BCUT2D eigenvalue weighted by Crippen LogP contribution is 2.19. The van der Waals surface area contributed by atoms with Gasteiger partial charge >= 0.3 is 17.9 Å². The molecule has 0 N–H and O–H groups in total. The quantitative estimate of drug-likeness (QED) is 0.0344. The van der Waals surface area contributed by atoms with Crippen molar-refractivity contribution in [2.75, 3.05) is 13.2 Å². The van der Waals surface area contributed by atoms with Crippen molar-refractivity contribution in [2.45, 2.75) is 330 Å². The summed E-state index contributed by atoms with van der Waals surface area (Å²) in [5.41, 5.74) is 0. The fourth-order valence-corrected chi connectivity index (χ4v) is 8.97. The Morgan fingerprint density at radius 1 is 0.308 bits per heavy atom. The second-order valence-electron chi connectivity index (χ2n) is 21.5. The zero-order valence-corrected chi connectivity index (χ0v) is 44.8. The first kappa shape index (κ1) is 63.4. The molecule has 0 bridgehead atoms. The van der Waals surface area contributed by atoms with Crippen LogP contribution in [0.25, 0.3) is 0 Å². The molecule has 0 aromatic rings. The van der Waals surface area contributed by atoms with E-state index in [4.69, 9.17) is 14.2 Å². The largest absolute Gasteiger partial charge is 0.462 e. The highest BCUT2D eigenvalue weighted by atomic mass is 16.6. The Morgan fingerprint density at radius 2 is 0.538 bits per heavy atom. The van der Waals surface area contributed by atoms with E-state index in [9.17, 15) is 14.4 Å². The molecule has 0 heterocycles. The fraction of sp³-hybridized carbons (Fsp3) is 0.949. The molecule has 0 saturated heterocycles. The minimum absolute atomic E-state index is 0.0640. The van der Waals surface area contributed by atoms with E-state index in [0.29, 0.717) is 19.3 Å². The summed E-state index contributed by atoms with van der Waals surface area (Å²) in [5.74, 6) is 1.69. The zero-order chi connectivity index (χ0) is 47.7. The van der Waals surface area contributed by atoms with Gasteiger partial charge in [-0.15, -0.1) is 0 Å². The van der Waals surface area contributed by atoms with Gasteiger partial charge in [-0.3, -0.25) is 14.4 Å². The molecule has 0 aliphatic heterocycles. The summed E-state index contributed by atoms with van der Waals surface area (Å²) in [6, 6.07) is 0. The van der Waals surface area contributed by atoms with Crippen LogP contribution in [0.1, 0.15) is 324 Å². The summed E-state index contributed by atoms with van der Waals surface area (Å²) >= 11 is 0. The Hall–Kier alpha value is -1.59. The van der Waals surface area contributed by atoms with Crippen molar-refractivity contribution in [1.82, 2.24) is 0 Å². The van der Waals surface area contributed by atoms with Crippen molar-refractivity contribution in [3.63, 3.8) is 0 Å². The Balaban J connectivity index is 4.22. The average Bonchev–Trinajstić information content (AvgIpc) is 3.28. The van der Waals surface area contributed by atoms with E-state index in [1.807, 2.05) is 0 Å². The Kier molecular flexibility index (Phi) is 49.1. The first-order chi connectivity index (χ1) is 31.6. The third-order valence-corrected chi connectivity index (χ3v) is 13.8. The first-order valence-corrected chi connectivity index (χ1v) is 29.1. The van der Waals surface area contributed by atoms with Crippen LogP contribution in [0.4, 0.5) is 0 Å². The van der Waals surface area contributed by atoms with Gasteiger partial charge in [-0.05, 0) is 37.0 Å². The number of ether oxygens (including phenoxy) is 3. The van der Waals surface area contributed by atoms with Gasteiger partial charge in [-0.1, -0.05) is 286 Å². The van der Waals surface area contributed by atoms with Gasteiger partial charge in [0.25, 0.3) is 0 Å². The molecule has 2 atom stereocenters. The van der Waals surface area contributed by atoms with Gasteiger partial charge in [0.2, 0.25) is 0 Å². The topological polar surface area (TPSA) is 78.9 Å². The number of hydrogen-bond acceptors (Lipinski definition) is 6. The van der Waals surface area contributed by atoms with Crippen LogP contribution in [-0.2, 0) is 28.6 Å². The maximum Gasteiger partial charge on any atom is 0.306 e. The van der Waals surface area contributed by atoms with E-state index < -0.39 is 6.10 Å². The molecule has 386 valence electrons. The van der Waals surface area contributed by atoms with E-state index in [2.05, 4.69) is 41.5 Å². The molecule has 0 aromatic heterocycles. The number of carbonyl (C=O) groups excluding carboxylic acids is 3. The number of esters is 3. The van der Waals surface area contributed by atoms with Crippen LogP contribution in [-0.4, -0.2) is 37.2 Å². The molecule has 6 nitrogen and oxygen atoms in total. The lowest BCUT2D eigenvalue weighted by Gasteiger charge is -2.18. The van der Waals surface area contributed by atoms with Crippen LogP contribution in [0.3, 0.4) is 0 Å². The van der Waals surface area contributed by atoms with Crippen LogP contribution in [0.2, 0.25) is 0 Å². The molecule has 0 spiro atoms. The van der Waals surface area contributed by atoms with Gasteiger partial charge in [-0.25, -0.2) is 0 Å². The van der Waals surface area contributed by atoms with E-state index in [0.717, 1.165) is 75.5 Å². The number of rotatable bonds is 52. The van der Waals surface area contributed by atoms with Crippen molar-refractivity contribution >= 4 is 17.9 Å². The lowest BCUT2D eigenvalue weighted by molar-refractivity contribution is -0.167. The first-order valence-electron chi connectivity index (χ1n) is 29.1. The Morgan fingerprint density at radius 3 is 0.800 bits per heavy atom. The monoisotopic (exact) mass is 919 g/mol. The van der Waals surface area contributed by atoms with E-state index in [-0.39, 0.29) is 31.1 Å². The van der Waals surface area contributed by atoms with Crippen molar-refractivity contribution in [3.8, 4) is 0 Å². The van der Waals surface area contributed by atoms with E-state index in [1.54, 1.807) is 0 Å². The molecule has 65 heavy (non-hydrogen) atoms. The van der Waals surface area contributed by atoms with Gasteiger partial charge in [0.15, 0.2) is 6.10 Å². The molecular formula is C59H114O6. The molecule has 0 aliphatic carbocycles. The molecular weight excluding hydrogens is 805 g/mol. The van der Waals surface area contributed by atoms with Crippen LogP contribution in [0.5, 0.6) is 0 Å². The van der Waals surface area contributed by atoms with Crippen LogP contribution in [0.15, 0.2) is 0 Å². The minimum Gasteiger partial charge on any atom is -0.462 e. The van der Waals surface area contributed by atoms with E-state index >= 15 is 0 Å². The summed E-state index contributed by atoms with van der Waals surface area (Å²) in [6.07, 6.45) is 52.4. The third kappa shape index (κ3) is 51.6. The fourth-order valence-electron chi connectivity index (χ4n) is 8.97. The molecule has 0 aliphatic rings. The average molecular weight is 920 g/mol. The van der Waals surface area contributed by atoms with Crippen molar-refractivity contribution < 1.29 is 28.6 Å². The maximum atomic E-state index is 12.8. The van der Waals surface area contributed by atoms with Crippen molar-refractivity contribution in [3.05, 3.63) is 0 Å². The molecule has 1 unspecified atom stereocenters. The predicted molar refractivity (Wildman–Crippen MR) is 279 cm³/mol. The highest BCUT2D eigenvalue weighted by molar-refractivity contribution is 5.71. The molecule has 0 rings (SSSR count). The van der Waals surface area contributed by atoms with Gasteiger partial charge in [0, 0.05) is 19.3 Å². The van der Waals surface area contributed by atoms with Crippen molar-refractivity contribution in [2.24, 2.45) is 17.8 Å². The van der Waals surface area contributed by atoms with Crippen LogP contribution in [0, 0.1) is 17.8 Å². The normalized spacial score (nSPS) is 12.6. The van der Waals surface area contributed by atoms with Gasteiger partial charge < -0.3 is 14.2 Å². The van der Waals surface area contributed by atoms with Crippen molar-refractivity contribution in [1.29, 1.82) is 0 Å². The summed E-state index contributed by atoms with van der Waals surface area (Å²) in [6.45, 7) is 13.8. The summed E-state index contributed by atoms with van der Waals surface area (Å²) < 4.78 is 16.9. The second-order valence-corrected chi connectivity index (χ2v) is 21.5. The predicted octanol–water partition coefficient (Wildman–Crippen LogP) is 19.1. The second kappa shape index (κ2) is 50.3. The zero-order valence-electron chi connectivity index (χ0n) is 44.8. The molecule has 0 amide bonds. The summed E-state index contributed by atoms with van der Waals surface area (Å²) in [5, 5.41) is 0. The van der Waals surface area contributed by atoms with Crippen LogP contribution < -0.4 is 0 Å². The Bertz CT molecular complexity index is 1010. The van der Waals surface area contributed by atoms with Gasteiger partial charge in [0.1, 0.15) is 13.2 Å². The number of carbonyl (C=O) groups is 3. The standard InChI is InChI=1S/C59H114O6/c1-7-55(6)47-41-35-29-23-16-14-12-10-8-9-11-13-15-17-24-30-36-42-48-57(60)63-51-56(52-64-58(61)49-43-37-31-26-20-22-28-34-40-46-54(4)5)65-59(62)50-44-38-32-25-19-18-21-27-33-39-45-53(2)3/h53-56H,7-52H2,1-6H3/t55?,56-/m1/s1. The molecule has 0 radical (unpaired) electrons. The number of hydrogen-bond donors (Lipinski definition) is 0.